The third kappa shape index (κ3) is 7.41. The molecule has 4 aromatic carbocycles. The predicted octanol–water partition coefficient (Wildman–Crippen LogP) is 8.67. The summed E-state index contributed by atoms with van der Waals surface area (Å²) in [6, 6.07) is 41.3. The molecular weight excluding hydrogens is 635 g/mol. The van der Waals surface area contributed by atoms with Crippen LogP contribution in [0.4, 0.5) is 5.69 Å². The van der Waals surface area contributed by atoms with Crippen LogP contribution in [-0.2, 0) is 13.1 Å². The van der Waals surface area contributed by atoms with Crippen LogP contribution in [0.3, 0.4) is 0 Å². The zero-order chi connectivity index (χ0) is 30.1. The van der Waals surface area contributed by atoms with E-state index in [4.69, 9.17) is 29.8 Å². The van der Waals surface area contributed by atoms with E-state index < -0.39 is 8.24 Å². The fourth-order valence-electron chi connectivity index (χ4n) is 5.34. The molecule has 0 unspecified atom stereocenters. The second kappa shape index (κ2) is 15.1. The molecule has 2 nitrogen and oxygen atoms in total. The molecule has 0 N–H and O–H groups in total. The monoisotopic (exact) mass is 668 g/mol. The van der Waals surface area contributed by atoms with E-state index in [1.807, 2.05) is 0 Å². The van der Waals surface area contributed by atoms with E-state index in [0.717, 1.165) is 17.1 Å². The molecule has 5 aromatic rings. The van der Waals surface area contributed by atoms with Crippen molar-refractivity contribution in [3.8, 4) is 0 Å². The normalized spacial score (nSPS) is 12.2. The summed E-state index contributed by atoms with van der Waals surface area (Å²) in [4.78, 5) is 7.40. The molecule has 7 heteroatoms. The van der Waals surface area contributed by atoms with E-state index in [9.17, 15) is 0 Å². The summed E-state index contributed by atoms with van der Waals surface area (Å²) in [5, 5.41) is 3.84. The van der Waals surface area contributed by atoms with Crippen molar-refractivity contribution < 1.29 is 13.1 Å². The topological polar surface area (TPSA) is 24.7 Å². The van der Waals surface area contributed by atoms with E-state index >= 15 is 0 Å². The van der Waals surface area contributed by atoms with E-state index in [1.165, 1.54) is 42.0 Å². The molecule has 42 heavy (non-hydrogen) atoms. The minimum absolute atomic E-state index is 0.194. The number of nitrogens with zero attached hydrogens (tertiary/aromatic N) is 2. The summed E-state index contributed by atoms with van der Waals surface area (Å²) in [5.74, 6) is 0. The van der Waals surface area contributed by atoms with Gasteiger partial charge in [0.1, 0.15) is 0 Å². The predicted molar refractivity (Wildman–Crippen MR) is 185 cm³/mol. The quantitative estimate of drug-likeness (QED) is 0.0942. The Morgan fingerprint density at radius 3 is 1.40 bits per heavy atom. The zero-order valence-electron chi connectivity index (χ0n) is 24.4. The minimum atomic E-state index is -2.70. The molecule has 5 rings (SSSR count). The first kappa shape index (κ1) is 32.2. The number of halogens is 2. The van der Waals surface area contributed by atoms with Crippen molar-refractivity contribution in [3.05, 3.63) is 142 Å². The SMILES string of the molecule is CC(=Nc1c(C)cc(C)cc1C)c1ccc(/C(C)=N/[Si](c2ccccc2)(c2ccccc2)c2ccccc2)s1.[Cl][Fe][Cl]. The van der Waals surface area contributed by atoms with Crippen LogP contribution in [0.5, 0.6) is 0 Å². The second-order valence-corrected chi connectivity index (χ2v) is 16.4. The molecule has 0 atom stereocenters. The number of benzene rings is 4. The van der Waals surface area contributed by atoms with Crippen molar-refractivity contribution in [2.45, 2.75) is 34.6 Å². The molecule has 1 heterocycles. The van der Waals surface area contributed by atoms with Crippen molar-refractivity contribution in [1.29, 1.82) is 0 Å². The van der Waals surface area contributed by atoms with Crippen LogP contribution in [0.2, 0.25) is 0 Å². The fourth-order valence-corrected chi connectivity index (χ4v) is 10.3. The van der Waals surface area contributed by atoms with Crippen LogP contribution < -0.4 is 15.6 Å². The van der Waals surface area contributed by atoms with Crippen LogP contribution in [-0.4, -0.2) is 19.7 Å². The van der Waals surface area contributed by atoms with Gasteiger partial charge in [-0.1, -0.05) is 109 Å². The molecule has 0 aliphatic rings. The Labute approximate surface area is 269 Å². The number of rotatable bonds is 7. The summed E-state index contributed by atoms with van der Waals surface area (Å²) < 4.78 is 5.71. The Morgan fingerprint density at radius 2 is 1.00 bits per heavy atom. The molecule has 0 radical (unpaired) electrons. The van der Waals surface area contributed by atoms with Crippen molar-refractivity contribution in [2.24, 2.45) is 9.65 Å². The average Bonchev–Trinajstić information content (AvgIpc) is 3.50. The van der Waals surface area contributed by atoms with Crippen molar-refractivity contribution in [1.82, 2.24) is 0 Å². The molecule has 0 saturated carbocycles. The summed E-state index contributed by atoms with van der Waals surface area (Å²) in [5.41, 5.74) is 6.87. The van der Waals surface area contributed by atoms with Gasteiger partial charge in [-0.25, -0.2) is 0 Å². The molecule has 216 valence electrons. The van der Waals surface area contributed by atoms with Gasteiger partial charge in [0.25, 0.3) is 8.24 Å². The van der Waals surface area contributed by atoms with Gasteiger partial charge in [0.05, 0.1) is 11.4 Å². The molecule has 0 aliphatic heterocycles. The Balaban J connectivity index is 0.00000129. The molecular formula is C35H34Cl2FeN2SSi. The van der Waals surface area contributed by atoms with Crippen LogP contribution in [0.25, 0.3) is 0 Å². The summed E-state index contributed by atoms with van der Waals surface area (Å²) >= 11 is 1.96. The number of thiophene rings is 1. The Kier molecular flexibility index (Phi) is 11.6. The van der Waals surface area contributed by atoms with Gasteiger partial charge in [0.15, 0.2) is 0 Å². The average molecular weight is 670 g/mol. The second-order valence-electron chi connectivity index (χ2n) is 10.2. The number of hydrogen-bond acceptors (Lipinski definition) is 3. The van der Waals surface area contributed by atoms with Gasteiger partial charge in [-0.15, -0.1) is 11.3 Å². The number of aryl methyl sites for hydroxylation is 3. The van der Waals surface area contributed by atoms with Crippen LogP contribution in [0.1, 0.15) is 40.3 Å². The van der Waals surface area contributed by atoms with Gasteiger partial charge in [-0.2, -0.15) is 0 Å². The van der Waals surface area contributed by atoms with Gasteiger partial charge < -0.3 is 4.66 Å². The van der Waals surface area contributed by atoms with Gasteiger partial charge in [0.2, 0.25) is 0 Å². The third-order valence-electron chi connectivity index (χ3n) is 7.14. The van der Waals surface area contributed by atoms with Crippen LogP contribution in [0.15, 0.2) is 125 Å². The molecule has 0 saturated heterocycles. The first-order valence-corrected chi connectivity index (χ1v) is 19.4. The van der Waals surface area contributed by atoms with Gasteiger partial charge in [-0.05, 0) is 73.4 Å². The van der Waals surface area contributed by atoms with Gasteiger partial charge in [-0.3, -0.25) is 4.99 Å². The number of aliphatic imine (C=N–C) groups is 1. The first-order valence-electron chi connectivity index (χ1n) is 13.6. The van der Waals surface area contributed by atoms with Crippen molar-refractivity contribution in [3.63, 3.8) is 0 Å². The summed E-state index contributed by atoms with van der Waals surface area (Å²) in [6.45, 7) is 10.7. The summed E-state index contributed by atoms with van der Waals surface area (Å²) in [7, 11) is 6.82. The number of hydrogen-bond donors (Lipinski definition) is 0. The summed E-state index contributed by atoms with van der Waals surface area (Å²) in [6.07, 6.45) is 0. The van der Waals surface area contributed by atoms with Crippen molar-refractivity contribution in [2.75, 3.05) is 0 Å². The van der Waals surface area contributed by atoms with E-state index in [0.29, 0.717) is 0 Å². The first-order chi connectivity index (χ1) is 20.3. The standard InChI is InChI=1S/C35H34N2SSi.2ClH.Fe/c1-25-23-26(2)35(27(3)24-25)36-28(4)33-21-22-34(38-33)29(5)37-39(30-15-9-6-10-16-30,31-17-11-7-12-18-31)32-19-13-8-14-20-32;;;/h6-24H,1-5H3;2*1H;/q;;;+2/p-2/b36-28?,37-29+;;;. The maximum absolute atomic E-state index is 5.71. The Morgan fingerprint density at radius 1 is 0.619 bits per heavy atom. The van der Waals surface area contributed by atoms with Crippen molar-refractivity contribution >= 4 is 72.4 Å². The van der Waals surface area contributed by atoms with Gasteiger partial charge in [0, 0.05) is 15.5 Å². The molecule has 0 fully saturated rings. The van der Waals surface area contributed by atoms with E-state index in [-0.39, 0.29) is 13.1 Å². The van der Waals surface area contributed by atoms with E-state index in [1.54, 1.807) is 11.3 Å². The molecule has 0 aliphatic carbocycles. The molecule has 0 bridgehead atoms. The maximum atomic E-state index is 5.71. The fraction of sp³-hybridized carbons (Fsp3) is 0.143. The zero-order valence-corrected chi connectivity index (χ0v) is 28.8. The molecule has 0 spiro atoms. The van der Waals surface area contributed by atoms with Gasteiger partial charge >= 0.3 is 33.3 Å². The Bertz CT molecular complexity index is 1550. The molecule has 1 aromatic heterocycles. The molecule has 0 amide bonds. The van der Waals surface area contributed by atoms with E-state index in [2.05, 4.69) is 150 Å². The third-order valence-corrected chi connectivity index (χ3v) is 12.6. The van der Waals surface area contributed by atoms with Crippen LogP contribution in [0, 0.1) is 20.8 Å². The Hall–Kier alpha value is -2.76. The van der Waals surface area contributed by atoms with Crippen LogP contribution >= 0.6 is 31.5 Å².